The molecule has 158 valence electrons. The van der Waals surface area contributed by atoms with Gasteiger partial charge in [-0.25, -0.2) is 0 Å². The van der Waals surface area contributed by atoms with Gasteiger partial charge >= 0.3 is 0 Å². The highest BCUT2D eigenvalue weighted by Crippen LogP contribution is 2.12. The summed E-state index contributed by atoms with van der Waals surface area (Å²) in [6.07, 6.45) is 3.02. The molecule has 1 aromatic heterocycles. The summed E-state index contributed by atoms with van der Waals surface area (Å²) in [5.41, 5.74) is 2.23. The number of hydrogen-bond acceptors (Lipinski definition) is 5. The van der Waals surface area contributed by atoms with Gasteiger partial charge in [-0.2, -0.15) is 4.80 Å². The van der Waals surface area contributed by atoms with Crippen LogP contribution < -0.4 is 0 Å². The molecule has 0 atom stereocenters. The molecule has 0 aliphatic rings. The Labute approximate surface area is 177 Å². The molecule has 0 fully saturated rings. The summed E-state index contributed by atoms with van der Waals surface area (Å²) in [7, 11) is 1.66. The predicted octanol–water partition coefficient (Wildman–Crippen LogP) is 3.23. The molecule has 0 radical (unpaired) electrons. The molecule has 0 unspecified atom stereocenters. The summed E-state index contributed by atoms with van der Waals surface area (Å²) in [4.78, 5) is 16.2. The summed E-state index contributed by atoms with van der Waals surface area (Å²) in [6, 6.07) is 20.1. The SMILES string of the molecule is COCCN(CCCc1ccccc1)C(=O)CCCn1nnc(-c2ccccc2)n1. The van der Waals surface area contributed by atoms with Crippen molar-refractivity contribution in [2.45, 2.75) is 32.2 Å². The van der Waals surface area contributed by atoms with Crippen LogP contribution in [-0.4, -0.2) is 57.8 Å². The normalized spacial score (nSPS) is 10.8. The minimum absolute atomic E-state index is 0.142. The van der Waals surface area contributed by atoms with E-state index in [1.54, 1.807) is 11.9 Å². The Morgan fingerprint density at radius 1 is 1.00 bits per heavy atom. The molecule has 0 aliphatic heterocycles. The Morgan fingerprint density at radius 2 is 1.73 bits per heavy atom. The quantitative estimate of drug-likeness (QED) is 0.461. The molecule has 3 rings (SSSR count). The number of carbonyl (C=O) groups is 1. The molecule has 0 N–H and O–H groups in total. The van der Waals surface area contributed by atoms with Gasteiger partial charge in [0.2, 0.25) is 11.7 Å². The van der Waals surface area contributed by atoms with Gasteiger partial charge in [-0.3, -0.25) is 4.79 Å². The maximum absolute atomic E-state index is 12.7. The first-order valence-electron chi connectivity index (χ1n) is 10.4. The van der Waals surface area contributed by atoms with Crippen molar-refractivity contribution >= 4 is 5.91 Å². The van der Waals surface area contributed by atoms with Crippen LogP contribution in [0.4, 0.5) is 0 Å². The molecular weight excluding hydrogens is 378 g/mol. The lowest BCUT2D eigenvalue weighted by Crippen LogP contribution is -2.35. The van der Waals surface area contributed by atoms with Gasteiger partial charge in [0, 0.05) is 32.2 Å². The van der Waals surface area contributed by atoms with Crippen LogP contribution in [0, 0.1) is 0 Å². The maximum Gasteiger partial charge on any atom is 0.222 e. The number of methoxy groups -OCH3 is 1. The van der Waals surface area contributed by atoms with Crippen LogP contribution in [0.15, 0.2) is 60.7 Å². The lowest BCUT2D eigenvalue weighted by atomic mass is 10.1. The third-order valence-electron chi connectivity index (χ3n) is 4.89. The molecule has 7 nitrogen and oxygen atoms in total. The minimum atomic E-state index is 0.142. The second-order valence-electron chi connectivity index (χ2n) is 7.14. The molecule has 30 heavy (non-hydrogen) atoms. The van der Waals surface area contributed by atoms with Crippen molar-refractivity contribution in [3.63, 3.8) is 0 Å². The van der Waals surface area contributed by atoms with E-state index in [1.807, 2.05) is 53.4 Å². The first kappa shape index (κ1) is 21.6. The highest BCUT2D eigenvalue weighted by atomic mass is 16.5. The number of hydrogen-bond donors (Lipinski definition) is 0. The monoisotopic (exact) mass is 407 g/mol. The smallest absolute Gasteiger partial charge is 0.222 e. The van der Waals surface area contributed by atoms with Crippen LogP contribution in [0.3, 0.4) is 0 Å². The molecule has 7 heteroatoms. The van der Waals surface area contributed by atoms with E-state index in [0.29, 0.717) is 38.4 Å². The van der Waals surface area contributed by atoms with Gasteiger partial charge in [-0.1, -0.05) is 60.7 Å². The van der Waals surface area contributed by atoms with Crippen LogP contribution in [0.1, 0.15) is 24.8 Å². The molecule has 0 saturated carbocycles. The number of amides is 1. The van der Waals surface area contributed by atoms with Crippen molar-refractivity contribution in [1.82, 2.24) is 25.1 Å². The fourth-order valence-corrected chi connectivity index (χ4v) is 3.25. The van der Waals surface area contributed by atoms with E-state index < -0.39 is 0 Å². The molecule has 0 aliphatic carbocycles. The average molecular weight is 408 g/mol. The van der Waals surface area contributed by atoms with Gasteiger partial charge in [-0.15, -0.1) is 10.2 Å². The Balaban J connectivity index is 1.45. The number of ether oxygens (including phenoxy) is 1. The number of nitrogens with zero attached hydrogens (tertiary/aromatic N) is 5. The van der Waals surface area contributed by atoms with E-state index in [2.05, 4.69) is 27.5 Å². The van der Waals surface area contributed by atoms with Crippen molar-refractivity contribution < 1.29 is 9.53 Å². The van der Waals surface area contributed by atoms with Crippen molar-refractivity contribution in [3.05, 3.63) is 66.2 Å². The highest BCUT2D eigenvalue weighted by Gasteiger charge is 2.13. The third-order valence-corrected chi connectivity index (χ3v) is 4.89. The van der Waals surface area contributed by atoms with E-state index >= 15 is 0 Å². The largest absolute Gasteiger partial charge is 0.383 e. The van der Waals surface area contributed by atoms with Crippen molar-refractivity contribution in [2.24, 2.45) is 0 Å². The first-order valence-corrected chi connectivity index (χ1v) is 10.4. The molecular formula is C23H29N5O2. The second-order valence-corrected chi connectivity index (χ2v) is 7.14. The third kappa shape index (κ3) is 6.77. The van der Waals surface area contributed by atoms with Crippen molar-refractivity contribution in [3.8, 4) is 11.4 Å². The van der Waals surface area contributed by atoms with E-state index in [4.69, 9.17) is 4.74 Å². The Bertz CT molecular complexity index is 883. The summed E-state index contributed by atoms with van der Waals surface area (Å²) in [5.74, 6) is 0.744. The van der Waals surface area contributed by atoms with Crippen LogP contribution in [0.5, 0.6) is 0 Å². The molecule has 1 heterocycles. The zero-order valence-corrected chi connectivity index (χ0v) is 17.5. The van der Waals surface area contributed by atoms with Gasteiger partial charge in [0.05, 0.1) is 13.2 Å². The average Bonchev–Trinajstić information content (AvgIpc) is 3.26. The molecule has 1 amide bonds. The Morgan fingerprint density at radius 3 is 2.47 bits per heavy atom. The molecule has 3 aromatic rings. The fraction of sp³-hybridized carbons (Fsp3) is 0.391. The van der Waals surface area contributed by atoms with Crippen LogP contribution in [-0.2, 0) is 22.5 Å². The first-order chi connectivity index (χ1) is 14.8. The summed E-state index contributed by atoms with van der Waals surface area (Å²) in [6.45, 7) is 2.45. The summed E-state index contributed by atoms with van der Waals surface area (Å²) < 4.78 is 5.18. The van der Waals surface area contributed by atoms with Crippen LogP contribution in [0.2, 0.25) is 0 Å². The molecule has 0 saturated heterocycles. The zero-order valence-electron chi connectivity index (χ0n) is 17.5. The maximum atomic E-state index is 12.7. The van der Waals surface area contributed by atoms with Crippen molar-refractivity contribution in [1.29, 1.82) is 0 Å². The highest BCUT2D eigenvalue weighted by molar-refractivity contribution is 5.76. The Kier molecular flexibility index (Phi) is 8.53. The van der Waals surface area contributed by atoms with E-state index in [-0.39, 0.29) is 5.91 Å². The number of carbonyl (C=O) groups excluding carboxylic acids is 1. The van der Waals surface area contributed by atoms with Crippen LogP contribution >= 0.6 is 0 Å². The fourth-order valence-electron chi connectivity index (χ4n) is 3.25. The van der Waals surface area contributed by atoms with Gasteiger partial charge in [0.1, 0.15) is 0 Å². The van der Waals surface area contributed by atoms with Crippen molar-refractivity contribution in [2.75, 3.05) is 26.8 Å². The number of aryl methyl sites for hydroxylation is 2. The summed E-state index contributed by atoms with van der Waals surface area (Å²) in [5, 5.41) is 12.6. The number of benzene rings is 2. The van der Waals surface area contributed by atoms with Crippen LogP contribution in [0.25, 0.3) is 11.4 Å². The lowest BCUT2D eigenvalue weighted by molar-refractivity contribution is -0.132. The molecule has 2 aromatic carbocycles. The van der Waals surface area contributed by atoms with Gasteiger partial charge in [0.25, 0.3) is 0 Å². The number of rotatable bonds is 12. The number of tetrazole rings is 1. The second kappa shape index (κ2) is 11.8. The topological polar surface area (TPSA) is 73.1 Å². The minimum Gasteiger partial charge on any atom is -0.383 e. The Hall–Kier alpha value is -3.06. The lowest BCUT2D eigenvalue weighted by Gasteiger charge is -2.22. The van der Waals surface area contributed by atoms with E-state index in [0.717, 1.165) is 24.9 Å². The zero-order chi connectivity index (χ0) is 21.0. The van der Waals surface area contributed by atoms with Gasteiger partial charge < -0.3 is 9.64 Å². The standard InChI is InChI=1S/C23H29N5O2/c1-30-19-18-27(16-8-12-20-10-4-2-5-11-20)22(29)15-9-17-28-25-23(24-26-28)21-13-6-3-7-14-21/h2-7,10-11,13-14H,8-9,12,15-19H2,1H3. The van der Waals surface area contributed by atoms with E-state index in [9.17, 15) is 4.79 Å². The number of aromatic nitrogens is 4. The molecule has 0 spiro atoms. The predicted molar refractivity (Wildman–Crippen MR) is 116 cm³/mol. The summed E-state index contributed by atoms with van der Waals surface area (Å²) >= 11 is 0. The van der Waals surface area contributed by atoms with E-state index in [1.165, 1.54) is 5.56 Å². The van der Waals surface area contributed by atoms with Gasteiger partial charge in [0.15, 0.2) is 0 Å². The molecule has 0 bridgehead atoms. The van der Waals surface area contributed by atoms with Gasteiger partial charge in [-0.05, 0) is 30.0 Å².